The van der Waals surface area contributed by atoms with Crippen molar-refractivity contribution in [3.8, 4) is 5.75 Å². The second kappa shape index (κ2) is 5.22. The van der Waals surface area contributed by atoms with Crippen molar-refractivity contribution in [3.05, 3.63) is 23.8 Å². The van der Waals surface area contributed by atoms with E-state index in [-0.39, 0.29) is 36.5 Å². The van der Waals surface area contributed by atoms with Crippen molar-refractivity contribution in [2.75, 3.05) is 18.8 Å². The van der Waals surface area contributed by atoms with Crippen molar-refractivity contribution in [1.29, 1.82) is 0 Å². The summed E-state index contributed by atoms with van der Waals surface area (Å²) in [6, 6.07) is 3.85. The Balaban J connectivity index is 2.18. The Morgan fingerprint density at radius 1 is 1.40 bits per heavy atom. The Morgan fingerprint density at radius 2 is 2.10 bits per heavy atom. The van der Waals surface area contributed by atoms with Gasteiger partial charge >= 0.3 is 6.18 Å². The van der Waals surface area contributed by atoms with Gasteiger partial charge in [-0.3, -0.25) is 4.79 Å². The summed E-state index contributed by atoms with van der Waals surface area (Å²) in [6.45, 7) is -0.0993. The number of hydrogen-bond acceptors (Lipinski definition) is 3. The van der Waals surface area contributed by atoms with Crippen molar-refractivity contribution in [3.63, 3.8) is 0 Å². The average molecular weight is 288 g/mol. The van der Waals surface area contributed by atoms with Crippen LogP contribution in [0.1, 0.15) is 23.2 Å². The van der Waals surface area contributed by atoms with Gasteiger partial charge in [-0.1, -0.05) is 0 Å². The number of phenols is 1. The number of halogens is 3. The fourth-order valence-corrected chi connectivity index (χ4v) is 2.33. The van der Waals surface area contributed by atoms with Crippen LogP contribution in [0.25, 0.3) is 0 Å². The molecule has 4 nitrogen and oxygen atoms in total. The fraction of sp³-hybridized carbons (Fsp3) is 0.462. The van der Waals surface area contributed by atoms with Crippen LogP contribution in [0.2, 0.25) is 0 Å². The second-order valence-corrected chi connectivity index (χ2v) is 4.90. The number of likely N-dealkylation sites (tertiary alicyclic amines) is 1. The first-order chi connectivity index (χ1) is 9.29. The van der Waals surface area contributed by atoms with Crippen molar-refractivity contribution in [2.24, 2.45) is 5.92 Å². The van der Waals surface area contributed by atoms with E-state index in [1.54, 1.807) is 0 Å². The van der Waals surface area contributed by atoms with Crippen LogP contribution in [0.4, 0.5) is 18.9 Å². The summed E-state index contributed by atoms with van der Waals surface area (Å²) in [5.41, 5.74) is 5.81. The van der Waals surface area contributed by atoms with Gasteiger partial charge < -0.3 is 15.7 Å². The van der Waals surface area contributed by atoms with Crippen molar-refractivity contribution in [1.82, 2.24) is 4.90 Å². The fourth-order valence-electron chi connectivity index (χ4n) is 2.33. The van der Waals surface area contributed by atoms with E-state index in [1.165, 1.54) is 18.2 Å². The molecule has 7 heteroatoms. The third kappa shape index (κ3) is 2.97. The molecule has 1 fully saturated rings. The van der Waals surface area contributed by atoms with Crippen molar-refractivity contribution < 1.29 is 23.1 Å². The number of phenolic OH excluding ortho intramolecular Hbond substituents is 1. The van der Waals surface area contributed by atoms with E-state index in [0.717, 1.165) is 4.90 Å². The van der Waals surface area contributed by atoms with Crippen LogP contribution in [0.5, 0.6) is 5.75 Å². The van der Waals surface area contributed by atoms with Gasteiger partial charge in [-0.2, -0.15) is 13.2 Å². The molecule has 2 rings (SSSR count). The summed E-state index contributed by atoms with van der Waals surface area (Å²) in [6.07, 6.45) is -3.97. The largest absolute Gasteiger partial charge is 0.508 e. The van der Waals surface area contributed by atoms with Gasteiger partial charge in [0.25, 0.3) is 5.91 Å². The van der Waals surface area contributed by atoms with Gasteiger partial charge in [0.2, 0.25) is 0 Å². The summed E-state index contributed by atoms with van der Waals surface area (Å²) >= 11 is 0. The quantitative estimate of drug-likeness (QED) is 0.616. The minimum Gasteiger partial charge on any atom is -0.508 e. The highest BCUT2D eigenvalue weighted by atomic mass is 19.4. The van der Waals surface area contributed by atoms with Crippen LogP contribution in [-0.2, 0) is 0 Å². The third-order valence-electron chi connectivity index (χ3n) is 3.44. The normalized spacial score (nSPS) is 19.9. The molecule has 1 amide bonds. The van der Waals surface area contributed by atoms with Gasteiger partial charge in [0.1, 0.15) is 5.75 Å². The van der Waals surface area contributed by atoms with Crippen LogP contribution in [0.3, 0.4) is 0 Å². The molecule has 110 valence electrons. The number of hydrogen-bond donors (Lipinski definition) is 2. The molecule has 20 heavy (non-hydrogen) atoms. The number of anilines is 1. The van der Waals surface area contributed by atoms with E-state index in [2.05, 4.69) is 0 Å². The number of nitrogens with two attached hydrogens (primary N) is 1. The number of amides is 1. The van der Waals surface area contributed by atoms with Gasteiger partial charge in [-0.05, 0) is 31.0 Å². The third-order valence-corrected chi connectivity index (χ3v) is 3.44. The van der Waals surface area contributed by atoms with Crippen molar-refractivity contribution >= 4 is 11.6 Å². The minimum absolute atomic E-state index is 0.0306. The van der Waals surface area contributed by atoms with Gasteiger partial charge in [-0.25, -0.2) is 0 Å². The highest BCUT2D eigenvalue weighted by Gasteiger charge is 2.42. The zero-order valence-electron chi connectivity index (χ0n) is 10.7. The Labute approximate surface area is 114 Å². The van der Waals surface area contributed by atoms with Crippen LogP contribution >= 0.6 is 0 Å². The topological polar surface area (TPSA) is 66.6 Å². The maximum atomic E-state index is 12.7. The molecule has 0 radical (unpaired) electrons. The number of carbonyl (C=O) groups is 1. The molecule has 0 aromatic heterocycles. The van der Waals surface area contributed by atoms with E-state index in [9.17, 15) is 23.1 Å². The number of rotatable bonds is 1. The molecule has 1 aromatic rings. The van der Waals surface area contributed by atoms with Crippen LogP contribution in [0, 0.1) is 5.92 Å². The average Bonchev–Trinajstić information content (AvgIpc) is 2.40. The number of nitrogen functional groups attached to an aromatic ring is 1. The molecule has 1 atom stereocenters. The lowest BCUT2D eigenvalue weighted by molar-refractivity contribution is -0.184. The number of benzene rings is 1. The summed E-state index contributed by atoms with van der Waals surface area (Å²) < 4.78 is 38.2. The van der Waals surface area contributed by atoms with Crippen LogP contribution < -0.4 is 5.73 Å². The number of alkyl halides is 3. The van der Waals surface area contributed by atoms with Gasteiger partial charge in [0, 0.05) is 18.8 Å². The molecule has 0 saturated carbocycles. The van der Waals surface area contributed by atoms with Gasteiger partial charge in [-0.15, -0.1) is 0 Å². The molecular weight excluding hydrogens is 273 g/mol. The first-order valence-electron chi connectivity index (χ1n) is 6.23. The maximum Gasteiger partial charge on any atom is 0.393 e. The SMILES string of the molecule is Nc1ccc(O)cc1C(=O)N1CCCC(C(F)(F)F)C1. The number of carbonyl (C=O) groups excluding carboxylic acids is 1. The van der Waals surface area contributed by atoms with E-state index in [4.69, 9.17) is 5.73 Å². The summed E-state index contributed by atoms with van der Waals surface area (Å²) in [4.78, 5) is 13.4. The first kappa shape index (κ1) is 14.5. The Hall–Kier alpha value is -1.92. The maximum absolute atomic E-state index is 12.7. The smallest absolute Gasteiger partial charge is 0.393 e. The van der Waals surface area contributed by atoms with Crippen LogP contribution in [0.15, 0.2) is 18.2 Å². The lowest BCUT2D eigenvalue weighted by Gasteiger charge is -2.34. The number of piperidine rings is 1. The molecule has 1 aromatic carbocycles. The summed E-state index contributed by atoms with van der Waals surface area (Å²) in [5.74, 6) is -2.22. The lowest BCUT2D eigenvalue weighted by Crippen LogP contribution is -2.44. The molecule has 0 spiro atoms. The Bertz CT molecular complexity index is 517. The van der Waals surface area contributed by atoms with E-state index >= 15 is 0 Å². The van der Waals surface area contributed by atoms with Gasteiger partial charge in [0.15, 0.2) is 0 Å². The molecule has 1 heterocycles. The molecule has 0 bridgehead atoms. The summed E-state index contributed by atoms with van der Waals surface area (Å²) in [7, 11) is 0. The molecule has 1 saturated heterocycles. The first-order valence-corrected chi connectivity index (χ1v) is 6.23. The Kier molecular flexibility index (Phi) is 3.78. The zero-order chi connectivity index (χ0) is 14.9. The van der Waals surface area contributed by atoms with E-state index < -0.39 is 18.0 Å². The predicted octanol–water partition coefficient (Wildman–Crippen LogP) is 2.39. The molecule has 1 aliphatic rings. The monoisotopic (exact) mass is 288 g/mol. The highest BCUT2D eigenvalue weighted by molar-refractivity contribution is 5.99. The zero-order valence-corrected chi connectivity index (χ0v) is 10.7. The predicted molar refractivity (Wildman–Crippen MR) is 67.2 cm³/mol. The molecule has 1 unspecified atom stereocenters. The highest BCUT2D eigenvalue weighted by Crippen LogP contribution is 2.34. The summed E-state index contributed by atoms with van der Waals surface area (Å²) in [5, 5.41) is 9.36. The molecule has 0 aliphatic carbocycles. The standard InChI is InChI=1S/C13H15F3N2O2/c14-13(15,16)8-2-1-5-18(7-8)12(20)10-6-9(19)3-4-11(10)17/h3-4,6,8,19H,1-2,5,7,17H2. The molecule has 3 N–H and O–H groups in total. The molecular formula is C13H15F3N2O2. The van der Waals surface area contributed by atoms with Crippen LogP contribution in [-0.4, -0.2) is 35.2 Å². The van der Waals surface area contributed by atoms with Gasteiger partial charge in [0.05, 0.1) is 11.5 Å². The second-order valence-electron chi connectivity index (χ2n) is 4.90. The minimum atomic E-state index is -4.30. The van der Waals surface area contributed by atoms with E-state index in [0.29, 0.717) is 6.42 Å². The number of nitrogens with zero attached hydrogens (tertiary/aromatic N) is 1. The Morgan fingerprint density at radius 3 is 2.75 bits per heavy atom. The lowest BCUT2D eigenvalue weighted by atomic mass is 9.96. The van der Waals surface area contributed by atoms with E-state index in [1.807, 2.05) is 0 Å². The molecule has 1 aliphatic heterocycles. The number of aromatic hydroxyl groups is 1. The van der Waals surface area contributed by atoms with Crippen molar-refractivity contribution in [2.45, 2.75) is 19.0 Å².